The molecule has 1 amide bonds. The first-order chi connectivity index (χ1) is 13.5. The van der Waals surface area contributed by atoms with Crippen LogP contribution in [-0.4, -0.2) is 30.5 Å². The molecule has 0 unspecified atom stereocenters. The van der Waals surface area contributed by atoms with E-state index in [0.717, 1.165) is 5.56 Å². The van der Waals surface area contributed by atoms with Crippen molar-refractivity contribution < 1.29 is 23.5 Å². The number of benzene rings is 2. The molecule has 28 heavy (non-hydrogen) atoms. The summed E-state index contributed by atoms with van der Waals surface area (Å²) in [6, 6.07) is 14.1. The summed E-state index contributed by atoms with van der Waals surface area (Å²) >= 11 is 0. The summed E-state index contributed by atoms with van der Waals surface area (Å²) in [6.45, 7) is 0.341. The number of Topliss-reactive ketones (excluding diaryl/α,β-unsaturated/α-hetero) is 1. The second kappa shape index (κ2) is 8.39. The minimum atomic E-state index is -0.789. The van der Waals surface area contributed by atoms with E-state index >= 15 is 0 Å². The summed E-state index contributed by atoms with van der Waals surface area (Å²) < 4.78 is 25.0. The molecule has 0 saturated carbocycles. The summed E-state index contributed by atoms with van der Waals surface area (Å²) in [4.78, 5) is 25.1. The van der Waals surface area contributed by atoms with Gasteiger partial charge < -0.3 is 19.4 Å². The number of halogens is 1. The van der Waals surface area contributed by atoms with Gasteiger partial charge in [0.15, 0.2) is 0 Å². The maximum absolute atomic E-state index is 13.1. The highest BCUT2D eigenvalue weighted by molar-refractivity contribution is 6.46. The van der Waals surface area contributed by atoms with Crippen molar-refractivity contribution in [1.29, 1.82) is 0 Å². The second-order valence-corrected chi connectivity index (χ2v) is 6.00. The Morgan fingerprint density at radius 1 is 1.04 bits per heavy atom. The number of carbonyl (C=O) groups excluding carboxylic acids is 2. The Hall–Kier alpha value is -3.61. The number of hydrogen-bond acceptors (Lipinski definition) is 4. The van der Waals surface area contributed by atoms with Gasteiger partial charge in [-0.2, -0.15) is 0 Å². The average Bonchev–Trinajstić information content (AvgIpc) is 3.17. The van der Waals surface area contributed by atoms with Gasteiger partial charge in [-0.1, -0.05) is 12.1 Å². The van der Waals surface area contributed by atoms with Crippen molar-refractivity contribution in [3.63, 3.8) is 0 Å². The number of carbonyl (C=O) groups is 2. The van der Waals surface area contributed by atoms with Crippen LogP contribution in [0.15, 0.2) is 60.8 Å². The van der Waals surface area contributed by atoms with Gasteiger partial charge in [-0.25, -0.2) is 4.39 Å². The molecule has 3 rings (SSSR count). The molecule has 144 valence electrons. The van der Waals surface area contributed by atoms with E-state index in [4.69, 9.17) is 9.47 Å². The predicted molar refractivity (Wildman–Crippen MR) is 102 cm³/mol. The van der Waals surface area contributed by atoms with E-state index in [0.29, 0.717) is 23.7 Å². The van der Waals surface area contributed by atoms with Gasteiger partial charge in [0, 0.05) is 18.8 Å². The summed E-state index contributed by atoms with van der Waals surface area (Å²) in [5.74, 6) is -0.871. The lowest BCUT2D eigenvalue weighted by molar-refractivity contribution is -0.112. The van der Waals surface area contributed by atoms with Crippen LogP contribution < -0.4 is 14.8 Å². The van der Waals surface area contributed by atoms with E-state index in [1.165, 1.54) is 26.4 Å². The number of nitrogens with zero attached hydrogens (tertiary/aromatic N) is 1. The quantitative estimate of drug-likeness (QED) is 0.501. The molecule has 0 radical (unpaired) electrons. The maximum atomic E-state index is 13.1. The summed E-state index contributed by atoms with van der Waals surface area (Å²) in [5, 5.41) is 2.57. The van der Waals surface area contributed by atoms with Crippen LogP contribution >= 0.6 is 0 Å². The molecular formula is C21H19FN2O4. The third-order valence-corrected chi connectivity index (χ3v) is 4.19. The first kappa shape index (κ1) is 19.2. The number of amides is 1. The fraction of sp³-hybridized carbons (Fsp3) is 0.143. The molecule has 7 heteroatoms. The number of hydrogen-bond donors (Lipinski definition) is 1. The van der Waals surface area contributed by atoms with Crippen molar-refractivity contribution in [3.05, 3.63) is 77.9 Å². The van der Waals surface area contributed by atoms with Crippen LogP contribution in [0.2, 0.25) is 0 Å². The standard InChI is InChI=1S/C21H19FN2O4/c1-27-16-9-10-17(19(12-16)28-2)23-21(26)20(25)18-4-3-11-24(18)13-14-5-7-15(22)8-6-14/h3-12H,13H2,1-2H3,(H,23,26). The molecule has 1 N–H and O–H groups in total. The molecule has 6 nitrogen and oxygen atoms in total. The minimum Gasteiger partial charge on any atom is -0.497 e. The van der Waals surface area contributed by atoms with Gasteiger partial charge in [-0.15, -0.1) is 0 Å². The molecule has 1 aromatic heterocycles. The fourth-order valence-electron chi connectivity index (χ4n) is 2.74. The molecule has 0 spiro atoms. The zero-order valence-electron chi connectivity index (χ0n) is 15.4. The number of nitrogens with one attached hydrogen (secondary N) is 1. The van der Waals surface area contributed by atoms with Gasteiger partial charge in [0.1, 0.15) is 17.3 Å². The van der Waals surface area contributed by atoms with Crippen LogP contribution in [0, 0.1) is 5.82 Å². The molecular weight excluding hydrogens is 363 g/mol. The van der Waals surface area contributed by atoms with Gasteiger partial charge in [-0.05, 0) is 42.0 Å². The van der Waals surface area contributed by atoms with E-state index in [1.54, 1.807) is 53.2 Å². The molecule has 0 aliphatic carbocycles. The number of aromatic nitrogens is 1. The topological polar surface area (TPSA) is 69.6 Å². The van der Waals surface area contributed by atoms with Crippen LogP contribution in [0.4, 0.5) is 10.1 Å². The number of rotatable bonds is 7. The first-order valence-electron chi connectivity index (χ1n) is 8.49. The molecule has 0 aliphatic heterocycles. The maximum Gasteiger partial charge on any atom is 0.298 e. The van der Waals surface area contributed by atoms with Crippen molar-refractivity contribution in [2.75, 3.05) is 19.5 Å². The molecule has 0 atom stereocenters. The molecule has 0 fully saturated rings. The monoisotopic (exact) mass is 382 g/mol. The number of ketones is 1. The third kappa shape index (κ3) is 4.20. The molecule has 2 aromatic carbocycles. The Kier molecular flexibility index (Phi) is 5.74. The number of methoxy groups -OCH3 is 2. The SMILES string of the molecule is COc1ccc(NC(=O)C(=O)c2cccn2Cc2ccc(F)cc2)c(OC)c1. The van der Waals surface area contributed by atoms with Crippen molar-refractivity contribution in [2.45, 2.75) is 6.54 Å². The largest absolute Gasteiger partial charge is 0.497 e. The van der Waals surface area contributed by atoms with Gasteiger partial charge in [-0.3, -0.25) is 9.59 Å². The Balaban J connectivity index is 1.77. The minimum absolute atomic E-state index is 0.231. The van der Waals surface area contributed by atoms with Gasteiger partial charge >= 0.3 is 0 Å². The van der Waals surface area contributed by atoms with Gasteiger partial charge in [0.2, 0.25) is 0 Å². The Morgan fingerprint density at radius 2 is 1.79 bits per heavy atom. The van der Waals surface area contributed by atoms with E-state index in [9.17, 15) is 14.0 Å². The summed E-state index contributed by atoms with van der Waals surface area (Å²) in [7, 11) is 2.98. The van der Waals surface area contributed by atoms with Crippen molar-refractivity contribution in [2.24, 2.45) is 0 Å². The van der Waals surface area contributed by atoms with Crippen LogP contribution in [0.25, 0.3) is 0 Å². The third-order valence-electron chi connectivity index (χ3n) is 4.19. The van der Waals surface area contributed by atoms with Crippen molar-refractivity contribution >= 4 is 17.4 Å². The normalized spacial score (nSPS) is 10.4. The lowest BCUT2D eigenvalue weighted by Crippen LogP contribution is -2.25. The van der Waals surface area contributed by atoms with E-state index in [2.05, 4.69) is 5.32 Å². The molecule has 3 aromatic rings. The molecule has 0 bridgehead atoms. The van der Waals surface area contributed by atoms with Crippen LogP contribution in [0.5, 0.6) is 11.5 Å². The first-order valence-corrected chi connectivity index (χ1v) is 8.49. The van der Waals surface area contributed by atoms with E-state index in [-0.39, 0.29) is 11.5 Å². The highest BCUT2D eigenvalue weighted by Gasteiger charge is 2.21. The molecule has 0 saturated heterocycles. The van der Waals surface area contributed by atoms with Crippen molar-refractivity contribution in [3.8, 4) is 11.5 Å². The number of anilines is 1. The highest BCUT2D eigenvalue weighted by Crippen LogP contribution is 2.29. The van der Waals surface area contributed by atoms with Gasteiger partial charge in [0.05, 0.1) is 25.6 Å². The zero-order chi connectivity index (χ0) is 20.1. The molecule has 1 heterocycles. The Labute approximate surface area is 161 Å². The van der Waals surface area contributed by atoms with Crippen LogP contribution in [0.1, 0.15) is 16.1 Å². The number of ether oxygens (including phenoxy) is 2. The smallest absolute Gasteiger partial charge is 0.298 e. The van der Waals surface area contributed by atoms with E-state index < -0.39 is 11.7 Å². The average molecular weight is 382 g/mol. The van der Waals surface area contributed by atoms with Crippen molar-refractivity contribution in [1.82, 2.24) is 4.57 Å². The lowest BCUT2D eigenvalue weighted by Gasteiger charge is -2.12. The highest BCUT2D eigenvalue weighted by atomic mass is 19.1. The van der Waals surface area contributed by atoms with E-state index in [1.807, 2.05) is 0 Å². The molecule has 0 aliphatic rings. The fourth-order valence-corrected chi connectivity index (χ4v) is 2.74. The van der Waals surface area contributed by atoms with Crippen LogP contribution in [-0.2, 0) is 11.3 Å². The lowest BCUT2D eigenvalue weighted by atomic mass is 10.2. The summed E-state index contributed by atoms with van der Waals surface area (Å²) in [6.07, 6.45) is 1.69. The zero-order valence-corrected chi connectivity index (χ0v) is 15.4. The Morgan fingerprint density at radius 3 is 2.46 bits per heavy atom. The van der Waals surface area contributed by atoms with Gasteiger partial charge in [0.25, 0.3) is 11.7 Å². The summed E-state index contributed by atoms with van der Waals surface area (Å²) in [5.41, 5.74) is 1.40. The predicted octanol–water partition coefficient (Wildman–Crippen LogP) is 3.51. The van der Waals surface area contributed by atoms with Crippen LogP contribution in [0.3, 0.4) is 0 Å². The second-order valence-electron chi connectivity index (χ2n) is 6.00. The Bertz CT molecular complexity index is 996.